The Labute approximate surface area is 146 Å². The third kappa shape index (κ3) is 3.89. The molecule has 0 saturated carbocycles. The molecule has 2 aromatic heterocycles. The number of carboxylic acids is 1. The Morgan fingerprint density at radius 3 is 2.35 bits per heavy atom. The Morgan fingerprint density at radius 1 is 1.27 bits per heavy atom. The van der Waals surface area contributed by atoms with Crippen molar-refractivity contribution < 1.29 is 32.3 Å². The van der Waals surface area contributed by atoms with Gasteiger partial charge in [0.15, 0.2) is 5.69 Å². The second kappa shape index (κ2) is 6.50. The van der Waals surface area contributed by atoms with E-state index < -0.39 is 34.8 Å². The maximum atomic E-state index is 13.4. The Morgan fingerprint density at radius 2 is 1.88 bits per heavy atom. The minimum absolute atomic E-state index is 0.0780. The van der Waals surface area contributed by atoms with Gasteiger partial charge in [-0.1, -0.05) is 0 Å². The summed E-state index contributed by atoms with van der Waals surface area (Å²) in [4.78, 5) is 23.2. The van der Waals surface area contributed by atoms with Crippen molar-refractivity contribution in [3.63, 3.8) is 0 Å². The lowest BCUT2D eigenvalue weighted by molar-refractivity contribution is -0.146. The van der Waals surface area contributed by atoms with Crippen LogP contribution in [0.3, 0.4) is 0 Å². The number of aromatic carboxylic acids is 1. The molecular formula is C16H18F3N3O4. The Kier molecular flexibility index (Phi) is 4.89. The van der Waals surface area contributed by atoms with Crippen molar-refractivity contribution in [1.82, 2.24) is 15.1 Å². The van der Waals surface area contributed by atoms with E-state index in [9.17, 15) is 22.8 Å². The summed E-state index contributed by atoms with van der Waals surface area (Å²) in [5, 5.41) is 15.0. The summed E-state index contributed by atoms with van der Waals surface area (Å²) >= 11 is 0. The van der Waals surface area contributed by atoms with E-state index in [1.807, 2.05) is 0 Å². The monoisotopic (exact) mass is 373 g/mol. The Hall–Kier alpha value is -2.78. The number of carbonyl (C=O) groups is 2. The second-order valence-electron chi connectivity index (χ2n) is 6.66. The van der Waals surface area contributed by atoms with Gasteiger partial charge in [-0.2, -0.15) is 18.3 Å². The highest BCUT2D eigenvalue weighted by Crippen LogP contribution is 2.34. The van der Waals surface area contributed by atoms with E-state index >= 15 is 0 Å². The summed E-state index contributed by atoms with van der Waals surface area (Å²) in [6.45, 7) is 5.79. The SMILES string of the molecule is Cc1oc(CNC(=O)c2cnn(C(C)(C)C)c2C(F)(F)F)cc1C(=O)O. The van der Waals surface area contributed by atoms with Gasteiger partial charge in [0.2, 0.25) is 0 Å². The number of aryl methyl sites for hydroxylation is 1. The molecule has 0 aliphatic carbocycles. The fraction of sp³-hybridized carbons (Fsp3) is 0.438. The molecule has 26 heavy (non-hydrogen) atoms. The normalized spacial score (nSPS) is 12.3. The van der Waals surface area contributed by atoms with E-state index in [-0.39, 0.29) is 23.6 Å². The molecule has 2 aromatic rings. The number of nitrogens with one attached hydrogen (secondary N) is 1. The fourth-order valence-electron chi connectivity index (χ4n) is 2.40. The quantitative estimate of drug-likeness (QED) is 0.858. The van der Waals surface area contributed by atoms with Crippen LogP contribution < -0.4 is 5.32 Å². The molecular weight excluding hydrogens is 355 g/mol. The molecule has 2 heterocycles. The molecule has 0 unspecified atom stereocenters. The molecule has 0 atom stereocenters. The molecule has 2 N–H and O–H groups in total. The van der Waals surface area contributed by atoms with Crippen LogP contribution >= 0.6 is 0 Å². The molecule has 142 valence electrons. The highest BCUT2D eigenvalue weighted by atomic mass is 19.4. The van der Waals surface area contributed by atoms with Crippen molar-refractivity contribution in [2.45, 2.75) is 46.0 Å². The number of nitrogens with zero attached hydrogens (tertiary/aromatic N) is 2. The number of carbonyl (C=O) groups excluding carboxylic acids is 1. The van der Waals surface area contributed by atoms with Crippen LogP contribution in [-0.4, -0.2) is 26.8 Å². The first-order valence-electron chi connectivity index (χ1n) is 7.59. The predicted octanol–water partition coefficient (Wildman–Crippen LogP) is 3.19. The first-order chi connectivity index (χ1) is 11.8. The van der Waals surface area contributed by atoms with Crippen LogP contribution in [0.15, 0.2) is 16.7 Å². The molecule has 0 aliphatic rings. The zero-order valence-electron chi connectivity index (χ0n) is 14.6. The lowest BCUT2D eigenvalue weighted by atomic mass is 10.1. The number of alkyl halides is 3. The van der Waals surface area contributed by atoms with Crippen LogP contribution in [0.1, 0.15) is 58.7 Å². The minimum Gasteiger partial charge on any atom is -0.478 e. The van der Waals surface area contributed by atoms with Gasteiger partial charge in [0, 0.05) is 0 Å². The molecule has 0 spiro atoms. The summed E-state index contributed by atoms with van der Waals surface area (Å²) in [6, 6.07) is 1.21. The number of hydrogen-bond acceptors (Lipinski definition) is 4. The van der Waals surface area contributed by atoms with Crippen molar-refractivity contribution in [2.24, 2.45) is 0 Å². The number of amides is 1. The summed E-state index contributed by atoms with van der Waals surface area (Å²) in [7, 11) is 0. The molecule has 7 nitrogen and oxygen atoms in total. The molecule has 0 radical (unpaired) electrons. The van der Waals surface area contributed by atoms with Crippen molar-refractivity contribution in [2.75, 3.05) is 0 Å². The fourth-order valence-corrected chi connectivity index (χ4v) is 2.40. The molecule has 1 amide bonds. The standard InChI is InChI=1S/C16H18F3N3O4/c1-8-10(14(24)25)5-9(26-8)6-20-13(23)11-7-21-22(15(2,3)4)12(11)16(17,18)19/h5,7H,6H2,1-4H3,(H,20,23)(H,24,25). The van der Waals surface area contributed by atoms with Crippen molar-refractivity contribution in [3.8, 4) is 0 Å². The average Bonchev–Trinajstić information content (AvgIpc) is 3.07. The highest BCUT2D eigenvalue weighted by molar-refractivity contribution is 5.95. The molecule has 2 rings (SSSR count). The highest BCUT2D eigenvalue weighted by Gasteiger charge is 2.42. The van der Waals surface area contributed by atoms with E-state index in [4.69, 9.17) is 9.52 Å². The smallest absolute Gasteiger partial charge is 0.433 e. The number of halogens is 3. The number of rotatable bonds is 4. The Bertz CT molecular complexity index is 844. The van der Waals surface area contributed by atoms with Crippen molar-refractivity contribution in [1.29, 1.82) is 0 Å². The minimum atomic E-state index is -4.77. The van der Waals surface area contributed by atoms with E-state index in [1.165, 1.54) is 33.8 Å². The van der Waals surface area contributed by atoms with Gasteiger partial charge >= 0.3 is 12.1 Å². The van der Waals surface area contributed by atoms with Gasteiger partial charge in [0.05, 0.1) is 23.8 Å². The van der Waals surface area contributed by atoms with Gasteiger partial charge in [-0.05, 0) is 33.8 Å². The lowest BCUT2D eigenvalue weighted by Crippen LogP contribution is -2.31. The molecule has 0 fully saturated rings. The van der Waals surface area contributed by atoms with Gasteiger partial charge in [-0.3, -0.25) is 9.48 Å². The van der Waals surface area contributed by atoms with Gasteiger partial charge < -0.3 is 14.8 Å². The molecule has 0 aromatic carbocycles. The van der Waals surface area contributed by atoms with Crippen LogP contribution in [0.5, 0.6) is 0 Å². The van der Waals surface area contributed by atoms with E-state index in [0.29, 0.717) is 0 Å². The maximum absolute atomic E-state index is 13.4. The number of hydrogen-bond donors (Lipinski definition) is 2. The zero-order valence-corrected chi connectivity index (χ0v) is 14.6. The molecule has 0 saturated heterocycles. The Balaban J connectivity index is 2.27. The van der Waals surface area contributed by atoms with Gasteiger partial charge in [-0.15, -0.1) is 0 Å². The summed E-state index contributed by atoms with van der Waals surface area (Å²) in [5.41, 5.74) is -2.82. The third-order valence-corrected chi connectivity index (χ3v) is 3.54. The van der Waals surface area contributed by atoms with Crippen LogP contribution in [0.4, 0.5) is 13.2 Å². The van der Waals surface area contributed by atoms with E-state index in [1.54, 1.807) is 0 Å². The molecule has 10 heteroatoms. The zero-order chi connectivity index (χ0) is 19.9. The van der Waals surface area contributed by atoms with E-state index in [0.717, 1.165) is 10.9 Å². The summed E-state index contributed by atoms with van der Waals surface area (Å²) < 4.78 is 46.2. The third-order valence-electron chi connectivity index (χ3n) is 3.54. The summed E-state index contributed by atoms with van der Waals surface area (Å²) in [5.74, 6) is -1.93. The molecule has 0 bridgehead atoms. The number of aromatic nitrogens is 2. The van der Waals surface area contributed by atoms with Crippen LogP contribution in [0.2, 0.25) is 0 Å². The number of carboxylic acid groups (broad SMARTS) is 1. The maximum Gasteiger partial charge on any atom is 0.433 e. The first-order valence-corrected chi connectivity index (χ1v) is 7.59. The van der Waals surface area contributed by atoms with Gasteiger partial charge in [0.1, 0.15) is 17.1 Å². The molecule has 0 aliphatic heterocycles. The largest absolute Gasteiger partial charge is 0.478 e. The topological polar surface area (TPSA) is 97.4 Å². The average molecular weight is 373 g/mol. The van der Waals surface area contributed by atoms with Gasteiger partial charge in [-0.25, -0.2) is 4.79 Å². The van der Waals surface area contributed by atoms with E-state index in [2.05, 4.69) is 10.4 Å². The second-order valence-corrected chi connectivity index (χ2v) is 6.66. The van der Waals surface area contributed by atoms with Crippen molar-refractivity contribution in [3.05, 3.63) is 40.6 Å². The van der Waals surface area contributed by atoms with Crippen LogP contribution in [0.25, 0.3) is 0 Å². The predicted molar refractivity (Wildman–Crippen MR) is 83.8 cm³/mol. The first kappa shape index (κ1) is 19.5. The summed E-state index contributed by atoms with van der Waals surface area (Å²) in [6.07, 6.45) is -3.91. The van der Waals surface area contributed by atoms with Crippen LogP contribution in [-0.2, 0) is 18.3 Å². The lowest BCUT2D eigenvalue weighted by Gasteiger charge is -2.23. The number of furan rings is 1. The van der Waals surface area contributed by atoms with Crippen LogP contribution in [0, 0.1) is 6.92 Å². The van der Waals surface area contributed by atoms with Gasteiger partial charge in [0.25, 0.3) is 5.91 Å². The van der Waals surface area contributed by atoms with Crippen molar-refractivity contribution >= 4 is 11.9 Å².